The first-order valence-electron chi connectivity index (χ1n) is 24.6. The summed E-state index contributed by atoms with van der Waals surface area (Å²) >= 11 is 0. The lowest BCUT2D eigenvalue weighted by molar-refractivity contribution is 0.181. The summed E-state index contributed by atoms with van der Waals surface area (Å²) in [5, 5.41) is 2.33. The predicted molar refractivity (Wildman–Crippen MR) is 280 cm³/mol. The standard InChI is InChI=1S/C66H48O4/c1-5-13-55-45(9-1)37-63(55)67-51-25-17-41(18-26-51)49-33-59(43-21-29-53(30-22-43)69-65-39-47-11-3-7-15-57(47)65)62-36-50(42-19-27-52(28-20-42)68-64-38-46-10-2-6-14-56(46)64)34-60(61(62)35-49)44-23-31-54(32-24-44)70-66-40-48-12-4-8-16-58(48)66/h1-36,63-66H,37-40H2. The molecule has 336 valence electrons. The third-order valence-electron chi connectivity index (χ3n) is 15.1. The Labute approximate surface area is 408 Å². The van der Waals surface area contributed by atoms with E-state index in [2.05, 4.69) is 218 Å². The molecule has 10 aromatic rings. The summed E-state index contributed by atoms with van der Waals surface area (Å²) in [4.78, 5) is 0. The van der Waals surface area contributed by atoms with Crippen LogP contribution < -0.4 is 18.9 Å². The van der Waals surface area contributed by atoms with Gasteiger partial charge in [0.2, 0.25) is 0 Å². The van der Waals surface area contributed by atoms with Gasteiger partial charge >= 0.3 is 0 Å². The minimum absolute atomic E-state index is 0.0740. The molecular formula is C66H48O4. The van der Waals surface area contributed by atoms with Crippen molar-refractivity contribution in [3.8, 4) is 67.5 Å². The average molecular weight is 905 g/mol. The maximum absolute atomic E-state index is 6.56. The highest BCUT2D eigenvalue weighted by molar-refractivity contribution is 6.09. The Bertz CT molecular complexity index is 3370. The van der Waals surface area contributed by atoms with Crippen LogP contribution in [0.1, 0.15) is 68.9 Å². The minimum atomic E-state index is 0.0740. The smallest absolute Gasteiger partial charge is 0.128 e. The van der Waals surface area contributed by atoms with Crippen LogP contribution in [0.2, 0.25) is 0 Å². The molecule has 4 heteroatoms. The van der Waals surface area contributed by atoms with E-state index in [0.717, 1.165) is 93.2 Å². The van der Waals surface area contributed by atoms with Crippen LogP contribution in [-0.4, -0.2) is 0 Å². The van der Waals surface area contributed by atoms with Crippen molar-refractivity contribution in [3.63, 3.8) is 0 Å². The highest BCUT2D eigenvalue weighted by Crippen LogP contribution is 2.45. The van der Waals surface area contributed by atoms with E-state index < -0.39 is 0 Å². The summed E-state index contributed by atoms with van der Waals surface area (Å²) in [6, 6.07) is 78.4. The summed E-state index contributed by atoms with van der Waals surface area (Å²) in [5.41, 5.74) is 19.6. The third kappa shape index (κ3) is 7.30. The number of rotatable bonds is 12. The number of fused-ring (bicyclic) bond motifs is 5. The van der Waals surface area contributed by atoms with Crippen molar-refractivity contribution in [2.75, 3.05) is 0 Å². The molecule has 0 spiro atoms. The number of hydrogen-bond acceptors (Lipinski definition) is 4. The Hall–Kier alpha value is -8.34. The van der Waals surface area contributed by atoms with Gasteiger partial charge in [0.05, 0.1) is 0 Å². The van der Waals surface area contributed by atoms with Gasteiger partial charge < -0.3 is 18.9 Å². The highest BCUT2D eigenvalue weighted by Gasteiger charge is 2.30. The van der Waals surface area contributed by atoms with Crippen molar-refractivity contribution < 1.29 is 18.9 Å². The first-order chi connectivity index (χ1) is 34.6. The van der Waals surface area contributed by atoms with Gasteiger partial charge in [-0.3, -0.25) is 0 Å². The van der Waals surface area contributed by atoms with E-state index in [1.807, 2.05) is 0 Å². The van der Waals surface area contributed by atoms with Crippen LogP contribution in [0, 0.1) is 0 Å². The molecule has 10 aromatic carbocycles. The Morgan fingerprint density at radius 1 is 0.243 bits per heavy atom. The van der Waals surface area contributed by atoms with Crippen LogP contribution in [0.3, 0.4) is 0 Å². The zero-order valence-electron chi connectivity index (χ0n) is 38.6. The van der Waals surface area contributed by atoms with Crippen molar-refractivity contribution in [1.82, 2.24) is 0 Å². The number of ether oxygens (including phenoxy) is 4. The van der Waals surface area contributed by atoms with Crippen molar-refractivity contribution in [2.45, 2.75) is 50.1 Å². The van der Waals surface area contributed by atoms with E-state index >= 15 is 0 Å². The van der Waals surface area contributed by atoms with Crippen molar-refractivity contribution in [1.29, 1.82) is 0 Å². The summed E-state index contributed by atoms with van der Waals surface area (Å²) < 4.78 is 26.2. The molecule has 4 aliphatic carbocycles. The molecule has 0 aromatic heterocycles. The lowest BCUT2D eigenvalue weighted by Gasteiger charge is -2.30. The van der Waals surface area contributed by atoms with Crippen LogP contribution in [0.5, 0.6) is 23.0 Å². The van der Waals surface area contributed by atoms with Crippen molar-refractivity contribution >= 4 is 10.8 Å². The molecule has 4 atom stereocenters. The predicted octanol–water partition coefficient (Wildman–Crippen LogP) is 16.2. The van der Waals surface area contributed by atoms with E-state index in [-0.39, 0.29) is 24.4 Å². The molecule has 0 saturated carbocycles. The zero-order chi connectivity index (χ0) is 46.1. The summed E-state index contributed by atoms with van der Waals surface area (Å²) in [5.74, 6) is 3.49. The Morgan fingerprint density at radius 2 is 0.500 bits per heavy atom. The molecule has 0 amide bonds. The van der Waals surface area contributed by atoms with Gasteiger partial charge in [-0.2, -0.15) is 0 Å². The fraction of sp³-hybridized carbons (Fsp3) is 0.121. The maximum Gasteiger partial charge on any atom is 0.128 e. The molecule has 70 heavy (non-hydrogen) atoms. The van der Waals surface area contributed by atoms with Gasteiger partial charge in [-0.1, -0.05) is 146 Å². The fourth-order valence-corrected chi connectivity index (χ4v) is 11.1. The molecule has 4 nitrogen and oxygen atoms in total. The lowest BCUT2D eigenvalue weighted by Crippen LogP contribution is -2.22. The Kier molecular flexibility index (Phi) is 9.72. The van der Waals surface area contributed by atoms with Crippen LogP contribution in [0.4, 0.5) is 0 Å². The molecule has 0 heterocycles. The second-order valence-electron chi connectivity index (χ2n) is 19.3. The monoisotopic (exact) mass is 904 g/mol. The summed E-state index contributed by atoms with van der Waals surface area (Å²) in [6.07, 6.45) is 4.04. The van der Waals surface area contributed by atoms with Crippen LogP contribution in [0.25, 0.3) is 55.3 Å². The quantitative estimate of drug-likeness (QED) is 0.122. The third-order valence-corrected chi connectivity index (χ3v) is 15.1. The normalized spacial score (nSPS) is 17.8. The minimum Gasteiger partial charge on any atom is -0.485 e. The van der Waals surface area contributed by atoms with Gasteiger partial charge in [-0.15, -0.1) is 0 Å². The topological polar surface area (TPSA) is 36.9 Å². The molecule has 0 saturated heterocycles. The van der Waals surface area contributed by atoms with Gasteiger partial charge in [0.1, 0.15) is 47.4 Å². The van der Waals surface area contributed by atoms with Gasteiger partial charge in [-0.05, 0) is 173 Å². The van der Waals surface area contributed by atoms with Gasteiger partial charge in [0.15, 0.2) is 0 Å². The van der Waals surface area contributed by atoms with E-state index in [4.69, 9.17) is 18.9 Å². The zero-order valence-corrected chi connectivity index (χ0v) is 38.6. The number of hydrogen-bond donors (Lipinski definition) is 0. The first kappa shape index (κ1) is 40.7. The fourth-order valence-electron chi connectivity index (χ4n) is 11.1. The highest BCUT2D eigenvalue weighted by atomic mass is 16.5. The molecule has 0 bridgehead atoms. The Morgan fingerprint density at radius 3 is 0.771 bits per heavy atom. The molecule has 0 fully saturated rings. The largest absolute Gasteiger partial charge is 0.485 e. The van der Waals surface area contributed by atoms with E-state index in [0.29, 0.717) is 0 Å². The van der Waals surface area contributed by atoms with Gasteiger partial charge in [-0.25, -0.2) is 0 Å². The molecule has 4 unspecified atom stereocenters. The van der Waals surface area contributed by atoms with E-state index in [9.17, 15) is 0 Å². The van der Waals surface area contributed by atoms with E-state index in [1.54, 1.807) is 0 Å². The van der Waals surface area contributed by atoms with Crippen LogP contribution in [0.15, 0.2) is 218 Å². The molecule has 14 rings (SSSR count). The van der Waals surface area contributed by atoms with Gasteiger partial charge in [0.25, 0.3) is 0 Å². The van der Waals surface area contributed by atoms with Gasteiger partial charge in [0, 0.05) is 25.7 Å². The molecule has 0 aliphatic heterocycles. The number of benzene rings is 10. The summed E-state index contributed by atoms with van der Waals surface area (Å²) in [7, 11) is 0. The molecule has 4 aliphatic rings. The van der Waals surface area contributed by atoms with Crippen LogP contribution >= 0.6 is 0 Å². The first-order valence-corrected chi connectivity index (χ1v) is 24.6. The Balaban J connectivity index is 0.859. The van der Waals surface area contributed by atoms with Crippen LogP contribution in [-0.2, 0) is 25.7 Å². The lowest BCUT2D eigenvalue weighted by atomic mass is 9.85. The second-order valence-corrected chi connectivity index (χ2v) is 19.3. The second kappa shape index (κ2) is 16.7. The average Bonchev–Trinajstić information content (AvgIpc) is 3.38. The molecular weight excluding hydrogens is 857 g/mol. The summed E-state index contributed by atoms with van der Waals surface area (Å²) in [6.45, 7) is 0. The SMILES string of the molecule is c1ccc2c(c1)CC2Oc1ccc(-c2cc(-c3ccc(OC4Cc5ccccc54)cc3)c3cc(-c4ccc(OC5Cc6ccccc65)cc4)cc(-c4ccc(OC5Cc6ccccc65)cc4)c3c2)cc1. The molecule has 0 radical (unpaired) electrons. The van der Waals surface area contributed by atoms with Crippen molar-refractivity contribution in [3.05, 3.63) is 263 Å². The van der Waals surface area contributed by atoms with E-state index in [1.165, 1.54) is 55.3 Å². The van der Waals surface area contributed by atoms with Crippen molar-refractivity contribution in [2.24, 2.45) is 0 Å². The maximum atomic E-state index is 6.56. The molecule has 0 N–H and O–H groups in total.